The molecule has 4 N–H and O–H groups in total. The van der Waals surface area contributed by atoms with E-state index in [9.17, 15) is 0 Å². The lowest BCUT2D eigenvalue weighted by Gasteiger charge is -1.97. The van der Waals surface area contributed by atoms with Gasteiger partial charge in [0.2, 0.25) is 11.9 Å². The van der Waals surface area contributed by atoms with E-state index in [1.165, 1.54) is 0 Å². The summed E-state index contributed by atoms with van der Waals surface area (Å²) in [6.45, 7) is 6.30. The van der Waals surface area contributed by atoms with Crippen molar-refractivity contribution in [2.24, 2.45) is 0 Å². The third-order valence-corrected chi connectivity index (χ3v) is 1.05. The van der Waals surface area contributed by atoms with E-state index in [0.29, 0.717) is 18.4 Å². The number of H-pyrrole nitrogens is 1. The standard InChI is InChI=1S/C6H11N5/c1-4(2)3-8-6-9-5(7)10-11-6/h1,3H2,2H3,(H4,7,8,9,10,11). The number of nitrogens with zero attached hydrogens (tertiary/aromatic N) is 2. The van der Waals surface area contributed by atoms with E-state index in [1.54, 1.807) is 0 Å². The van der Waals surface area contributed by atoms with Gasteiger partial charge in [0.25, 0.3) is 0 Å². The van der Waals surface area contributed by atoms with Gasteiger partial charge in [-0.2, -0.15) is 4.98 Å². The highest BCUT2D eigenvalue weighted by atomic mass is 15.3. The normalized spacial score (nSPS) is 9.55. The molecule has 1 rings (SSSR count). The van der Waals surface area contributed by atoms with E-state index in [4.69, 9.17) is 5.73 Å². The fourth-order valence-electron chi connectivity index (χ4n) is 0.583. The van der Waals surface area contributed by atoms with Gasteiger partial charge in [-0.1, -0.05) is 12.2 Å². The van der Waals surface area contributed by atoms with E-state index in [-0.39, 0.29) is 0 Å². The molecule has 0 unspecified atom stereocenters. The van der Waals surface area contributed by atoms with Crippen LogP contribution >= 0.6 is 0 Å². The molecule has 0 aromatic carbocycles. The monoisotopic (exact) mass is 153 g/mol. The van der Waals surface area contributed by atoms with Gasteiger partial charge in [-0.25, -0.2) is 5.10 Å². The molecule has 0 aliphatic heterocycles. The molecule has 0 aliphatic carbocycles. The average Bonchev–Trinajstić information content (AvgIpc) is 2.31. The Hall–Kier alpha value is -1.52. The molecule has 0 saturated carbocycles. The van der Waals surface area contributed by atoms with Crippen molar-refractivity contribution in [3.63, 3.8) is 0 Å². The summed E-state index contributed by atoms with van der Waals surface area (Å²) < 4.78 is 0. The van der Waals surface area contributed by atoms with Gasteiger partial charge in [0, 0.05) is 6.54 Å². The van der Waals surface area contributed by atoms with Crippen molar-refractivity contribution >= 4 is 11.9 Å². The Morgan fingerprint density at radius 1 is 1.82 bits per heavy atom. The summed E-state index contributed by atoms with van der Waals surface area (Å²) in [5.41, 5.74) is 6.32. The maximum absolute atomic E-state index is 5.29. The van der Waals surface area contributed by atoms with Crippen LogP contribution in [0.4, 0.5) is 11.9 Å². The second-order valence-electron chi connectivity index (χ2n) is 2.35. The molecule has 0 fully saturated rings. The van der Waals surface area contributed by atoms with Crippen LogP contribution in [0.2, 0.25) is 0 Å². The summed E-state index contributed by atoms with van der Waals surface area (Å²) in [4.78, 5) is 3.84. The minimum Gasteiger partial charge on any atom is -0.368 e. The number of nitrogen functional groups attached to an aromatic ring is 1. The molecular formula is C6H11N5. The van der Waals surface area contributed by atoms with Crippen molar-refractivity contribution in [2.45, 2.75) is 6.92 Å². The lowest BCUT2D eigenvalue weighted by atomic mass is 10.3. The van der Waals surface area contributed by atoms with E-state index >= 15 is 0 Å². The van der Waals surface area contributed by atoms with Crippen LogP contribution in [0.15, 0.2) is 12.2 Å². The van der Waals surface area contributed by atoms with Gasteiger partial charge in [0.05, 0.1) is 0 Å². The summed E-state index contributed by atoms with van der Waals surface area (Å²) in [5.74, 6) is 0.819. The quantitative estimate of drug-likeness (QED) is 0.548. The third kappa shape index (κ3) is 2.29. The van der Waals surface area contributed by atoms with Gasteiger partial charge in [0.1, 0.15) is 0 Å². The highest BCUT2D eigenvalue weighted by molar-refractivity contribution is 5.30. The fraction of sp³-hybridized carbons (Fsp3) is 0.333. The Bertz CT molecular complexity index is 251. The van der Waals surface area contributed by atoms with Crippen LogP contribution in [0.3, 0.4) is 0 Å². The first-order valence-corrected chi connectivity index (χ1v) is 3.24. The minimum atomic E-state index is 0.314. The molecule has 0 atom stereocenters. The summed E-state index contributed by atoms with van der Waals surface area (Å²) in [5, 5.41) is 9.22. The third-order valence-electron chi connectivity index (χ3n) is 1.05. The number of rotatable bonds is 3. The molecule has 0 saturated heterocycles. The maximum atomic E-state index is 5.29. The summed E-state index contributed by atoms with van der Waals surface area (Å²) >= 11 is 0. The van der Waals surface area contributed by atoms with Crippen molar-refractivity contribution in [3.05, 3.63) is 12.2 Å². The number of hydrogen-bond acceptors (Lipinski definition) is 4. The van der Waals surface area contributed by atoms with Crippen LogP contribution < -0.4 is 11.1 Å². The number of nitrogens with two attached hydrogens (primary N) is 1. The first-order valence-electron chi connectivity index (χ1n) is 3.24. The molecule has 5 nitrogen and oxygen atoms in total. The predicted octanol–water partition coefficient (Wildman–Crippen LogP) is 0.375. The van der Waals surface area contributed by atoms with Crippen molar-refractivity contribution in [3.8, 4) is 0 Å². The Morgan fingerprint density at radius 3 is 3.00 bits per heavy atom. The first-order chi connectivity index (χ1) is 5.18. The molecule has 1 heterocycles. The molecule has 1 aromatic rings. The number of aromatic nitrogens is 3. The number of hydrogen-bond donors (Lipinski definition) is 3. The van der Waals surface area contributed by atoms with Crippen LogP contribution in [0.1, 0.15) is 6.92 Å². The van der Waals surface area contributed by atoms with Crippen molar-refractivity contribution in [1.29, 1.82) is 0 Å². The topological polar surface area (TPSA) is 79.6 Å². The highest BCUT2D eigenvalue weighted by Gasteiger charge is 1.96. The van der Waals surface area contributed by atoms with Crippen molar-refractivity contribution in [2.75, 3.05) is 17.6 Å². The average molecular weight is 153 g/mol. The number of anilines is 2. The lowest BCUT2D eigenvalue weighted by molar-refractivity contribution is 1.07. The molecule has 0 bridgehead atoms. The van der Waals surface area contributed by atoms with E-state index in [2.05, 4.69) is 27.1 Å². The Balaban J connectivity index is 2.45. The Kier molecular flexibility index (Phi) is 2.10. The van der Waals surface area contributed by atoms with Crippen molar-refractivity contribution in [1.82, 2.24) is 15.2 Å². The van der Waals surface area contributed by atoms with E-state index in [0.717, 1.165) is 5.57 Å². The van der Waals surface area contributed by atoms with E-state index in [1.807, 2.05) is 6.92 Å². The molecule has 0 aliphatic rings. The Labute approximate surface area is 64.7 Å². The lowest BCUT2D eigenvalue weighted by Crippen LogP contribution is -2.03. The summed E-state index contributed by atoms with van der Waals surface area (Å²) in [6.07, 6.45) is 0. The molecule has 60 valence electrons. The summed E-state index contributed by atoms with van der Waals surface area (Å²) in [6, 6.07) is 0. The maximum Gasteiger partial charge on any atom is 0.243 e. The van der Waals surface area contributed by atoms with Crippen LogP contribution in [0.5, 0.6) is 0 Å². The SMILES string of the molecule is C=C(C)CNc1n[nH]c(N)n1. The molecule has 0 spiro atoms. The zero-order chi connectivity index (χ0) is 8.27. The first kappa shape index (κ1) is 7.59. The van der Waals surface area contributed by atoms with Gasteiger partial charge < -0.3 is 11.1 Å². The van der Waals surface area contributed by atoms with E-state index < -0.39 is 0 Å². The molecule has 0 amide bonds. The molecule has 1 aromatic heterocycles. The van der Waals surface area contributed by atoms with Crippen LogP contribution in [0, 0.1) is 0 Å². The molecule has 5 heteroatoms. The zero-order valence-corrected chi connectivity index (χ0v) is 6.39. The van der Waals surface area contributed by atoms with Gasteiger partial charge in [-0.15, -0.1) is 5.10 Å². The molecule has 11 heavy (non-hydrogen) atoms. The predicted molar refractivity (Wildman–Crippen MR) is 44.1 cm³/mol. The van der Waals surface area contributed by atoms with Crippen LogP contribution in [-0.4, -0.2) is 21.7 Å². The van der Waals surface area contributed by atoms with Gasteiger partial charge >= 0.3 is 0 Å². The van der Waals surface area contributed by atoms with Gasteiger partial charge in [0.15, 0.2) is 0 Å². The van der Waals surface area contributed by atoms with Crippen LogP contribution in [-0.2, 0) is 0 Å². The number of aromatic amines is 1. The fourth-order valence-corrected chi connectivity index (χ4v) is 0.583. The Morgan fingerprint density at radius 2 is 2.55 bits per heavy atom. The van der Waals surface area contributed by atoms with Crippen LogP contribution in [0.25, 0.3) is 0 Å². The highest BCUT2D eigenvalue weighted by Crippen LogP contribution is 1.99. The second-order valence-corrected chi connectivity index (χ2v) is 2.35. The second kappa shape index (κ2) is 3.05. The smallest absolute Gasteiger partial charge is 0.243 e. The van der Waals surface area contributed by atoms with Gasteiger partial charge in [-0.3, -0.25) is 0 Å². The van der Waals surface area contributed by atoms with Gasteiger partial charge in [-0.05, 0) is 6.92 Å². The zero-order valence-electron chi connectivity index (χ0n) is 6.39. The largest absolute Gasteiger partial charge is 0.368 e. The van der Waals surface area contributed by atoms with Crippen molar-refractivity contribution < 1.29 is 0 Å². The number of nitrogens with one attached hydrogen (secondary N) is 2. The summed E-state index contributed by atoms with van der Waals surface area (Å²) in [7, 11) is 0. The molecular weight excluding hydrogens is 142 g/mol. The molecule has 0 radical (unpaired) electrons. The minimum absolute atomic E-state index is 0.314.